The Balaban J connectivity index is 1.78. The molecular weight excluding hydrogens is 530 g/mol. The molecule has 0 aliphatic rings. The van der Waals surface area contributed by atoms with Gasteiger partial charge >= 0.3 is 24.2 Å². The maximum absolute atomic E-state index is 14.0. The van der Waals surface area contributed by atoms with Gasteiger partial charge in [0.15, 0.2) is 5.69 Å². The molecule has 0 fully saturated rings. The van der Waals surface area contributed by atoms with E-state index in [0.717, 1.165) is 4.57 Å². The van der Waals surface area contributed by atoms with Crippen LogP contribution in [0.5, 0.6) is 0 Å². The van der Waals surface area contributed by atoms with Crippen LogP contribution in [0.3, 0.4) is 0 Å². The molecule has 4 rings (SSSR count). The van der Waals surface area contributed by atoms with Gasteiger partial charge in [-0.2, -0.15) is 31.3 Å². The molecule has 0 unspecified atom stereocenters. The zero-order chi connectivity index (χ0) is 27.0. The number of carbonyl (C=O) groups is 1. The van der Waals surface area contributed by atoms with Crippen molar-refractivity contribution in [2.45, 2.75) is 25.8 Å². The van der Waals surface area contributed by atoms with Gasteiger partial charge in [0.25, 0.3) is 0 Å². The molecule has 0 saturated carbocycles. The summed E-state index contributed by atoms with van der Waals surface area (Å²) < 4.78 is 90.1. The molecule has 2 heterocycles. The van der Waals surface area contributed by atoms with Crippen LogP contribution in [0.1, 0.15) is 34.7 Å². The summed E-state index contributed by atoms with van der Waals surface area (Å²) in [4.78, 5) is 19.4. The van der Waals surface area contributed by atoms with Gasteiger partial charge in [0, 0.05) is 22.7 Å². The van der Waals surface area contributed by atoms with E-state index < -0.39 is 35.7 Å². The molecule has 7 nitrogen and oxygen atoms in total. The summed E-state index contributed by atoms with van der Waals surface area (Å²) in [6.07, 6.45) is -9.75. The fourth-order valence-corrected chi connectivity index (χ4v) is 3.59. The number of alkyl halides is 6. The summed E-state index contributed by atoms with van der Waals surface area (Å²) in [5.41, 5.74) is 0.0317. The van der Waals surface area contributed by atoms with Crippen molar-refractivity contribution in [2.24, 2.45) is 0 Å². The Morgan fingerprint density at radius 2 is 1.57 bits per heavy atom. The monoisotopic (exact) mass is 544 g/mol. The summed E-state index contributed by atoms with van der Waals surface area (Å²) in [7, 11) is 0. The maximum Gasteiger partial charge on any atom is 0.471 e. The standard InChI is InChI=1S/C23H15ClF6N4O3/c1-2-36-19(35)16-17(13-7-9-15(24)10-8-13)34(20(31-16)22(25,26)27)11-12-3-5-14(6-4-12)18-32-21(37-33-18)23(28,29)30/h3-10H,2,11H2,1H3. The first-order valence-electron chi connectivity index (χ1n) is 10.5. The Hall–Kier alpha value is -3.87. The minimum Gasteiger partial charge on any atom is -0.461 e. The molecule has 37 heavy (non-hydrogen) atoms. The van der Waals surface area contributed by atoms with Crippen LogP contribution in [0, 0.1) is 0 Å². The third kappa shape index (κ3) is 5.61. The third-order valence-corrected chi connectivity index (χ3v) is 5.28. The van der Waals surface area contributed by atoms with Gasteiger partial charge in [0.1, 0.15) is 0 Å². The zero-order valence-corrected chi connectivity index (χ0v) is 19.4. The minimum atomic E-state index is -4.93. The number of benzene rings is 2. The van der Waals surface area contributed by atoms with E-state index in [-0.39, 0.29) is 35.8 Å². The summed E-state index contributed by atoms with van der Waals surface area (Å²) >= 11 is 5.92. The molecule has 0 saturated heterocycles. The van der Waals surface area contributed by atoms with Crippen LogP contribution in [0.4, 0.5) is 26.3 Å². The Kier molecular flexibility index (Phi) is 7.00. The summed E-state index contributed by atoms with van der Waals surface area (Å²) in [6.45, 7) is 1.03. The van der Waals surface area contributed by atoms with Crippen molar-refractivity contribution in [1.29, 1.82) is 0 Å². The Morgan fingerprint density at radius 3 is 2.11 bits per heavy atom. The lowest BCUT2D eigenvalue weighted by Gasteiger charge is -2.15. The van der Waals surface area contributed by atoms with Crippen LogP contribution in [0.15, 0.2) is 53.1 Å². The molecule has 0 N–H and O–H groups in total. The SMILES string of the molecule is CCOC(=O)c1nc(C(F)(F)F)n(Cc2ccc(-c3noc(C(F)(F)F)n3)cc2)c1-c1ccc(Cl)cc1. The van der Waals surface area contributed by atoms with Gasteiger partial charge in [0.05, 0.1) is 12.3 Å². The number of nitrogens with zero attached hydrogens (tertiary/aromatic N) is 4. The predicted molar refractivity (Wildman–Crippen MR) is 117 cm³/mol. The highest BCUT2D eigenvalue weighted by molar-refractivity contribution is 6.30. The number of hydrogen-bond acceptors (Lipinski definition) is 6. The molecule has 194 valence electrons. The van der Waals surface area contributed by atoms with E-state index >= 15 is 0 Å². The van der Waals surface area contributed by atoms with Crippen molar-refractivity contribution < 1.29 is 40.4 Å². The highest BCUT2D eigenvalue weighted by Crippen LogP contribution is 2.36. The van der Waals surface area contributed by atoms with Crippen LogP contribution >= 0.6 is 11.6 Å². The molecule has 2 aromatic heterocycles. The Labute approximate surface area is 209 Å². The number of esters is 1. The van der Waals surface area contributed by atoms with Crippen molar-refractivity contribution in [3.05, 3.63) is 76.5 Å². The number of rotatable bonds is 6. The average molecular weight is 545 g/mol. The molecule has 2 aromatic carbocycles. The molecular formula is C23H15ClF6N4O3. The second-order valence-electron chi connectivity index (χ2n) is 7.56. The van der Waals surface area contributed by atoms with E-state index in [2.05, 4.69) is 19.6 Å². The quantitative estimate of drug-likeness (QED) is 0.203. The third-order valence-electron chi connectivity index (χ3n) is 5.03. The first-order chi connectivity index (χ1) is 17.4. The largest absolute Gasteiger partial charge is 0.471 e. The number of imidazole rings is 1. The van der Waals surface area contributed by atoms with E-state index in [1.54, 1.807) is 0 Å². The highest BCUT2D eigenvalue weighted by Gasteiger charge is 2.41. The topological polar surface area (TPSA) is 83.0 Å². The van der Waals surface area contributed by atoms with Crippen LogP contribution in [-0.4, -0.2) is 32.3 Å². The van der Waals surface area contributed by atoms with Crippen LogP contribution in [0.25, 0.3) is 22.6 Å². The predicted octanol–water partition coefficient (Wildman–Crippen LogP) is 6.52. The normalized spacial score (nSPS) is 12.1. The second kappa shape index (κ2) is 9.88. The molecule has 0 atom stereocenters. The highest BCUT2D eigenvalue weighted by atomic mass is 35.5. The number of carbonyl (C=O) groups excluding carboxylic acids is 1. The number of hydrogen-bond donors (Lipinski definition) is 0. The van der Waals surface area contributed by atoms with Gasteiger partial charge in [0.2, 0.25) is 11.6 Å². The molecule has 0 spiro atoms. The molecule has 0 radical (unpaired) electrons. The van der Waals surface area contributed by atoms with Crippen molar-refractivity contribution in [3.63, 3.8) is 0 Å². The van der Waals surface area contributed by atoms with E-state index in [4.69, 9.17) is 16.3 Å². The molecule has 0 amide bonds. The fourth-order valence-electron chi connectivity index (χ4n) is 3.46. The van der Waals surface area contributed by atoms with E-state index in [0.29, 0.717) is 10.6 Å². The lowest BCUT2D eigenvalue weighted by atomic mass is 10.1. The van der Waals surface area contributed by atoms with Crippen LogP contribution < -0.4 is 0 Å². The fraction of sp³-hybridized carbons (Fsp3) is 0.217. The van der Waals surface area contributed by atoms with Crippen molar-refractivity contribution in [2.75, 3.05) is 6.61 Å². The summed E-state index contributed by atoms with van der Waals surface area (Å²) in [5, 5.41) is 3.61. The first-order valence-corrected chi connectivity index (χ1v) is 10.9. The maximum atomic E-state index is 14.0. The molecule has 0 aliphatic heterocycles. The summed E-state index contributed by atoms with van der Waals surface area (Å²) in [6, 6.07) is 11.2. The van der Waals surface area contributed by atoms with Gasteiger partial charge in [-0.3, -0.25) is 0 Å². The van der Waals surface area contributed by atoms with Gasteiger partial charge in [-0.1, -0.05) is 53.2 Å². The van der Waals surface area contributed by atoms with Crippen molar-refractivity contribution >= 4 is 17.6 Å². The van der Waals surface area contributed by atoms with Gasteiger partial charge in [-0.25, -0.2) is 9.78 Å². The lowest BCUT2D eigenvalue weighted by Crippen LogP contribution is -2.16. The van der Waals surface area contributed by atoms with E-state index in [9.17, 15) is 31.1 Å². The molecule has 4 aromatic rings. The Bertz CT molecular complexity index is 1410. The van der Waals surface area contributed by atoms with Gasteiger partial charge in [-0.15, -0.1) is 0 Å². The molecule has 14 heteroatoms. The first kappa shape index (κ1) is 26.2. The van der Waals surface area contributed by atoms with Crippen LogP contribution in [0.2, 0.25) is 5.02 Å². The summed E-state index contributed by atoms with van der Waals surface area (Å²) in [5.74, 6) is -4.25. The van der Waals surface area contributed by atoms with E-state index in [1.165, 1.54) is 55.5 Å². The van der Waals surface area contributed by atoms with Crippen molar-refractivity contribution in [1.82, 2.24) is 19.7 Å². The lowest BCUT2D eigenvalue weighted by molar-refractivity contribution is -0.159. The average Bonchev–Trinajstić information content (AvgIpc) is 3.46. The van der Waals surface area contributed by atoms with Gasteiger partial charge in [-0.05, 0) is 24.6 Å². The minimum absolute atomic E-state index is 0.0826. The second-order valence-corrected chi connectivity index (χ2v) is 8.00. The molecule has 0 bridgehead atoms. The number of aromatic nitrogens is 4. The van der Waals surface area contributed by atoms with E-state index in [1.807, 2.05) is 0 Å². The smallest absolute Gasteiger partial charge is 0.461 e. The van der Waals surface area contributed by atoms with Gasteiger partial charge < -0.3 is 13.8 Å². The molecule has 0 aliphatic carbocycles. The Morgan fingerprint density at radius 1 is 0.946 bits per heavy atom. The van der Waals surface area contributed by atoms with Crippen LogP contribution in [-0.2, 0) is 23.6 Å². The number of halogens is 7. The van der Waals surface area contributed by atoms with Crippen molar-refractivity contribution in [3.8, 4) is 22.6 Å². The zero-order valence-electron chi connectivity index (χ0n) is 18.7. The number of ether oxygens (including phenoxy) is 1.